The lowest BCUT2D eigenvalue weighted by atomic mass is 9.93. The van der Waals surface area contributed by atoms with E-state index in [0.717, 1.165) is 0 Å². The average Bonchev–Trinajstić information content (AvgIpc) is 3.12. The van der Waals surface area contributed by atoms with Crippen molar-refractivity contribution in [3.05, 3.63) is 76.9 Å². The summed E-state index contributed by atoms with van der Waals surface area (Å²) in [6.45, 7) is 4.92. The van der Waals surface area contributed by atoms with Crippen molar-refractivity contribution in [1.29, 1.82) is 0 Å². The standard InChI is InChI=1S/C26H30N4O7S/c1-14(2)22(23(32)21-15(3)24(33)30-26(21)35)29-20(31)13-19(16-7-5-4-6-8-16)28-25(34)17-9-11-18(12-10-17)38(27,36)37/h4-12,14,19,22,30,33,35H,13H2,1-3H3,(H,28,34)(H,29,31)(H2,27,36,37)/t19-,22-/m0/s1. The number of nitrogens with one attached hydrogen (secondary N) is 3. The molecule has 3 aromatic rings. The first-order valence-corrected chi connectivity index (χ1v) is 13.3. The molecular weight excluding hydrogens is 512 g/mol. The minimum atomic E-state index is -3.92. The highest BCUT2D eigenvalue weighted by Crippen LogP contribution is 2.30. The lowest BCUT2D eigenvalue weighted by molar-refractivity contribution is -0.122. The predicted molar refractivity (Wildman–Crippen MR) is 139 cm³/mol. The number of aromatic hydroxyl groups is 2. The number of carbonyl (C=O) groups excluding carboxylic acids is 3. The number of benzene rings is 2. The molecule has 0 saturated carbocycles. The van der Waals surface area contributed by atoms with Crippen LogP contribution in [0.5, 0.6) is 11.8 Å². The van der Waals surface area contributed by atoms with Gasteiger partial charge >= 0.3 is 0 Å². The zero-order chi connectivity index (χ0) is 28.2. The number of aromatic amines is 1. The van der Waals surface area contributed by atoms with Gasteiger partial charge in [0.25, 0.3) is 5.91 Å². The fourth-order valence-electron chi connectivity index (χ4n) is 3.95. The average molecular weight is 543 g/mol. The summed E-state index contributed by atoms with van der Waals surface area (Å²) in [4.78, 5) is 41.4. The highest BCUT2D eigenvalue weighted by Gasteiger charge is 2.31. The maximum Gasteiger partial charge on any atom is 0.251 e. The second-order valence-electron chi connectivity index (χ2n) is 9.19. The van der Waals surface area contributed by atoms with Crippen molar-refractivity contribution in [2.24, 2.45) is 11.1 Å². The van der Waals surface area contributed by atoms with E-state index in [1.807, 2.05) is 0 Å². The van der Waals surface area contributed by atoms with E-state index in [1.54, 1.807) is 44.2 Å². The van der Waals surface area contributed by atoms with E-state index in [1.165, 1.54) is 31.2 Å². The van der Waals surface area contributed by atoms with Crippen molar-refractivity contribution in [3.8, 4) is 11.8 Å². The highest BCUT2D eigenvalue weighted by atomic mass is 32.2. The number of primary sulfonamides is 1. The van der Waals surface area contributed by atoms with Gasteiger partial charge in [0.05, 0.1) is 29.0 Å². The molecule has 0 bridgehead atoms. The summed E-state index contributed by atoms with van der Waals surface area (Å²) in [6, 6.07) is 12.0. The number of amides is 2. The van der Waals surface area contributed by atoms with E-state index in [-0.39, 0.29) is 39.8 Å². The van der Waals surface area contributed by atoms with Crippen LogP contribution in [0.25, 0.3) is 0 Å². The first kappa shape index (κ1) is 28.4. The van der Waals surface area contributed by atoms with Crippen molar-refractivity contribution in [1.82, 2.24) is 15.6 Å². The van der Waals surface area contributed by atoms with E-state index in [2.05, 4.69) is 15.6 Å². The summed E-state index contributed by atoms with van der Waals surface area (Å²) in [5.41, 5.74) is 0.841. The molecule has 7 N–H and O–H groups in total. The smallest absolute Gasteiger partial charge is 0.251 e. The molecule has 1 aromatic heterocycles. The molecule has 2 atom stereocenters. The molecular formula is C26H30N4O7S. The van der Waals surface area contributed by atoms with Gasteiger partial charge in [0.1, 0.15) is 0 Å². The predicted octanol–water partition coefficient (Wildman–Crippen LogP) is 2.27. The summed E-state index contributed by atoms with van der Waals surface area (Å²) >= 11 is 0. The summed E-state index contributed by atoms with van der Waals surface area (Å²) in [7, 11) is -3.92. The Morgan fingerprint density at radius 1 is 0.947 bits per heavy atom. The zero-order valence-corrected chi connectivity index (χ0v) is 21.9. The van der Waals surface area contributed by atoms with Gasteiger partial charge in [-0.2, -0.15) is 0 Å². The van der Waals surface area contributed by atoms with Gasteiger partial charge in [-0.05, 0) is 42.7 Å². The Morgan fingerprint density at radius 2 is 1.55 bits per heavy atom. The number of sulfonamides is 1. The molecule has 11 nitrogen and oxygen atoms in total. The van der Waals surface area contributed by atoms with E-state index in [0.29, 0.717) is 5.56 Å². The van der Waals surface area contributed by atoms with Crippen molar-refractivity contribution >= 4 is 27.6 Å². The number of H-pyrrole nitrogens is 1. The third-order valence-electron chi connectivity index (χ3n) is 6.06. The molecule has 2 amide bonds. The number of aromatic nitrogens is 1. The van der Waals surface area contributed by atoms with Crippen LogP contribution in [-0.2, 0) is 14.8 Å². The van der Waals surface area contributed by atoms with E-state index >= 15 is 0 Å². The summed E-state index contributed by atoms with van der Waals surface area (Å²) in [6.07, 6.45) is -0.217. The lowest BCUT2D eigenvalue weighted by Crippen LogP contribution is -2.45. The van der Waals surface area contributed by atoms with Gasteiger partial charge in [-0.25, -0.2) is 13.6 Å². The van der Waals surface area contributed by atoms with Crippen LogP contribution < -0.4 is 15.8 Å². The van der Waals surface area contributed by atoms with Crippen LogP contribution in [0.4, 0.5) is 0 Å². The Balaban J connectivity index is 1.81. The maximum atomic E-state index is 13.2. The first-order valence-electron chi connectivity index (χ1n) is 11.7. The number of ketones is 1. The monoisotopic (exact) mass is 542 g/mol. The van der Waals surface area contributed by atoms with Crippen molar-refractivity contribution < 1.29 is 33.0 Å². The number of carbonyl (C=O) groups is 3. The van der Waals surface area contributed by atoms with Crippen molar-refractivity contribution in [2.45, 2.75) is 44.2 Å². The van der Waals surface area contributed by atoms with Crippen LogP contribution in [0.15, 0.2) is 59.5 Å². The van der Waals surface area contributed by atoms with Gasteiger partial charge in [0, 0.05) is 11.1 Å². The zero-order valence-electron chi connectivity index (χ0n) is 21.1. The topological polar surface area (TPSA) is 192 Å². The number of rotatable bonds is 10. The van der Waals surface area contributed by atoms with Crippen LogP contribution in [-0.4, -0.2) is 47.3 Å². The number of hydrogen-bond donors (Lipinski definition) is 6. The lowest BCUT2D eigenvalue weighted by Gasteiger charge is -2.24. The second kappa shape index (κ2) is 11.5. The molecule has 0 saturated heterocycles. The van der Waals surface area contributed by atoms with E-state index in [4.69, 9.17) is 5.14 Å². The van der Waals surface area contributed by atoms with Crippen LogP contribution in [0.3, 0.4) is 0 Å². The van der Waals surface area contributed by atoms with E-state index in [9.17, 15) is 33.0 Å². The normalized spacial score (nSPS) is 13.1. The number of Topliss-reactive ketones (excluding diaryl/α,β-unsaturated/α-hetero) is 1. The number of nitrogens with two attached hydrogens (primary N) is 1. The fourth-order valence-corrected chi connectivity index (χ4v) is 4.46. The molecule has 3 rings (SSSR count). The van der Waals surface area contributed by atoms with Gasteiger partial charge in [-0.15, -0.1) is 0 Å². The van der Waals surface area contributed by atoms with Gasteiger partial charge in [0.15, 0.2) is 11.7 Å². The molecule has 12 heteroatoms. The van der Waals surface area contributed by atoms with Crippen LogP contribution in [0.1, 0.15) is 58.2 Å². The molecule has 1 heterocycles. The van der Waals surface area contributed by atoms with Gasteiger partial charge in [-0.1, -0.05) is 44.2 Å². The second-order valence-corrected chi connectivity index (χ2v) is 10.7. The molecule has 0 aliphatic heterocycles. The summed E-state index contributed by atoms with van der Waals surface area (Å²) in [5, 5.41) is 30.5. The van der Waals surface area contributed by atoms with Crippen LogP contribution in [0, 0.1) is 12.8 Å². The molecule has 2 aromatic carbocycles. The number of hydrogen-bond acceptors (Lipinski definition) is 7. The van der Waals surface area contributed by atoms with Gasteiger partial charge in [0.2, 0.25) is 21.8 Å². The molecule has 0 aliphatic rings. The third kappa shape index (κ3) is 6.58. The maximum absolute atomic E-state index is 13.2. The molecule has 0 spiro atoms. The van der Waals surface area contributed by atoms with Crippen LogP contribution in [0.2, 0.25) is 0 Å². The summed E-state index contributed by atoms with van der Waals surface area (Å²) in [5.74, 6) is -2.85. The largest absolute Gasteiger partial charge is 0.494 e. The highest BCUT2D eigenvalue weighted by molar-refractivity contribution is 7.89. The van der Waals surface area contributed by atoms with Gasteiger partial charge < -0.3 is 20.8 Å². The Hall–Kier alpha value is -4.16. The minimum Gasteiger partial charge on any atom is -0.494 e. The SMILES string of the molecule is Cc1c(O)[nH]c(O)c1C(=O)[C@@H](NC(=O)C[C@H](NC(=O)c1ccc(S(N)(=O)=O)cc1)c1ccccc1)C(C)C. The molecule has 0 fully saturated rings. The Kier molecular flexibility index (Phi) is 8.59. The Bertz CT molecular complexity index is 1430. The fraction of sp³-hybridized carbons (Fsp3) is 0.269. The van der Waals surface area contributed by atoms with Crippen LogP contribution >= 0.6 is 0 Å². The minimum absolute atomic E-state index is 0.114. The summed E-state index contributed by atoms with van der Waals surface area (Å²) < 4.78 is 23.0. The Morgan fingerprint density at radius 3 is 2.05 bits per heavy atom. The quantitative estimate of drug-likeness (QED) is 0.212. The van der Waals surface area contributed by atoms with Crippen molar-refractivity contribution in [2.75, 3.05) is 0 Å². The van der Waals surface area contributed by atoms with Gasteiger partial charge in [-0.3, -0.25) is 19.4 Å². The Labute approximate surface area is 220 Å². The van der Waals surface area contributed by atoms with E-state index < -0.39 is 45.6 Å². The third-order valence-corrected chi connectivity index (χ3v) is 6.99. The molecule has 202 valence electrons. The molecule has 0 radical (unpaired) electrons. The van der Waals surface area contributed by atoms with Crippen molar-refractivity contribution in [3.63, 3.8) is 0 Å². The molecule has 0 aliphatic carbocycles. The first-order chi connectivity index (χ1) is 17.8. The molecule has 0 unspecified atom stereocenters. The molecule has 38 heavy (non-hydrogen) atoms.